The molecule has 2 aliphatic rings. The van der Waals surface area contributed by atoms with Crippen LogP contribution >= 0.6 is 0 Å². The second-order valence-corrected chi connectivity index (χ2v) is 4.49. The van der Waals surface area contributed by atoms with Crippen molar-refractivity contribution in [3.8, 4) is 0 Å². The topological polar surface area (TPSA) is 52.6 Å². The first-order valence-corrected chi connectivity index (χ1v) is 5.97. The number of nitrogens with one attached hydrogen (secondary N) is 1. The van der Waals surface area contributed by atoms with Crippen LogP contribution in [0.1, 0.15) is 32.1 Å². The molecule has 0 unspecified atom stereocenters. The van der Waals surface area contributed by atoms with Crippen molar-refractivity contribution in [3.05, 3.63) is 0 Å². The first-order valence-electron chi connectivity index (χ1n) is 5.97. The number of aliphatic hydroxyl groups excluding tert-OH is 1. The number of aliphatic hydroxyl groups is 1. The zero-order valence-electron chi connectivity index (χ0n) is 9.11. The smallest absolute Gasteiger partial charge is 0.240 e. The van der Waals surface area contributed by atoms with E-state index in [0.29, 0.717) is 12.6 Å². The van der Waals surface area contributed by atoms with E-state index in [-0.39, 0.29) is 18.6 Å². The van der Waals surface area contributed by atoms with Gasteiger partial charge in [0, 0.05) is 12.6 Å². The first kappa shape index (κ1) is 10.9. The molecule has 4 nitrogen and oxygen atoms in total. The maximum atomic E-state index is 12.1. The van der Waals surface area contributed by atoms with E-state index in [1.165, 1.54) is 6.42 Å². The summed E-state index contributed by atoms with van der Waals surface area (Å²) in [5.41, 5.74) is 0. The third-order valence-electron chi connectivity index (χ3n) is 3.50. The van der Waals surface area contributed by atoms with Gasteiger partial charge < -0.3 is 15.3 Å². The molecular weight excluding hydrogens is 192 g/mol. The van der Waals surface area contributed by atoms with Crippen LogP contribution in [0.5, 0.6) is 0 Å². The standard InChI is InChI=1S/C11H20N2O2/c14-8-7-13(9-3-1-4-9)11(15)10-5-2-6-12-10/h9-10,12,14H,1-8H2/t10-/m1/s1. The van der Waals surface area contributed by atoms with E-state index in [0.717, 1.165) is 32.2 Å². The Morgan fingerprint density at radius 1 is 1.33 bits per heavy atom. The van der Waals surface area contributed by atoms with Crippen LogP contribution in [0.4, 0.5) is 0 Å². The lowest BCUT2D eigenvalue weighted by atomic mass is 9.91. The summed E-state index contributed by atoms with van der Waals surface area (Å²) in [6.07, 6.45) is 5.48. The second kappa shape index (κ2) is 4.94. The van der Waals surface area contributed by atoms with Crippen LogP contribution in [0, 0.1) is 0 Å². The molecule has 2 fully saturated rings. The Labute approximate surface area is 90.6 Å². The van der Waals surface area contributed by atoms with Gasteiger partial charge in [0.1, 0.15) is 0 Å². The van der Waals surface area contributed by atoms with Crippen molar-refractivity contribution in [3.63, 3.8) is 0 Å². The summed E-state index contributed by atoms with van der Waals surface area (Å²) in [4.78, 5) is 14.0. The normalized spacial score (nSPS) is 26.3. The summed E-state index contributed by atoms with van der Waals surface area (Å²) in [5, 5.41) is 12.2. The summed E-state index contributed by atoms with van der Waals surface area (Å²) in [5.74, 6) is 0.200. The molecule has 0 spiro atoms. The Morgan fingerprint density at radius 2 is 2.13 bits per heavy atom. The molecule has 0 radical (unpaired) electrons. The summed E-state index contributed by atoms with van der Waals surface area (Å²) >= 11 is 0. The Balaban J connectivity index is 1.92. The zero-order valence-corrected chi connectivity index (χ0v) is 9.11. The Morgan fingerprint density at radius 3 is 2.60 bits per heavy atom. The van der Waals surface area contributed by atoms with Gasteiger partial charge in [0.05, 0.1) is 12.6 Å². The van der Waals surface area contributed by atoms with Crippen LogP contribution < -0.4 is 5.32 Å². The highest BCUT2D eigenvalue weighted by Gasteiger charge is 2.33. The number of carbonyl (C=O) groups is 1. The maximum Gasteiger partial charge on any atom is 0.240 e. The molecule has 1 aliphatic carbocycles. The molecular formula is C11H20N2O2. The van der Waals surface area contributed by atoms with E-state index < -0.39 is 0 Å². The minimum Gasteiger partial charge on any atom is -0.395 e. The number of carbonyl (C=O) groups excluding carboxylic acids is 1. The number of hydrogen-bond acceptors (Lipinski definition) is 3. The quantitative estimate of drug-likeness (QED) is 0.695. The van der Waals surface area contributed by atoms with E-state index in [1.54, 1.807) is 0 Å². The summed E-state index contributed by atoms with van der Waals surface area (Å²) in [7, 11) is 0. The van der Waals surface area contributed by atoms with Crippen LogP contribution in [0.25, 0.3) is 0 Å². The highest BCUT2D eigenvalue weighted by Crippen LogP contribution is 2.25. The van der Waals surface area contributed by atoms with Gasteiger partial charge in [0.15, 0.2) is 0 Å². The van der Waals surface area contributed by atoms with Crippen molar-refractivity contribution < 1.29 is 9.90 Å². The summed E-state index contributed by atoms with van der Waals surface area (Å²) < 4.78 is 0. The fourth-order valence-corrected chi connectivity index (χ4v) is 2.37. The van der Waals surface area contributed by atoms with E-state index in [4.69, 9.17) is 5.11 Å². The van der Waals surface area contributed by atoms with Crippen molar-refractivity contribution in [1.82, 2.24) is 10.2 Å². The molecule has 2 N–H and O–H groups in total. The lowest BCUT2D eigenvalue weighted by Crippen LogP contribution is -2.51. The van der Waals surface area contributed by atoms with Crippen LogP contribution in [0.15, 0.2) is 0 Å². The number of nitrogens with zero attached hydrogens (tertiary/aromatic N) is 1. The largest absolute Gasteiger partial charge is 0.395 e. The molecule has 4 heteroatoms. The van der Waals surface area contributed by atoms with Crippen molar-refractivity contribution >= 4 is 5.91 Å². The minimum atomic E-state index is 0.0112. The molecule has 1 saturated heterocycles. The molecule has 0 aromatic heterocycles. The molecule has 0 aromatic rings. The van der Waals surface area contributed by atoms with Gasteiger partial charge in [-0.25, -0.2) is 0 Å². The molecule has 15 heavy (non-hydrogen) atoms. The van der Waals surface area contributed by atoms with Gasteiger partial charge >= 0.3 is 0 Å². The Bertz CT molecular complexity index is 223. The van der Waals surface area contributed by atoms with Crippen molar-refractivity contribution in [2.75, 3.05) is 19.7 Å². The number of hydrogen-bond donors (Lipinski definition) is 2. The lowest BCUT2D eigenvalue weighted by Gasteiger charge is -2.38. The summed E-state index contributed by atoms with van der Waals surface area (Å²) in [6.45, 7) is 1.53. The Hall–Kier alpha value is -0.610. The highest BCUT2D eigenvalue weighted by molar-refractivity contribution is 5.82. The minimum absolute atomic E-state index is 0.0112. The molecule has 1 heterocycles. The third kappa shape index (κ3) is 2.32. The third-order valence-corrected chi connectivity index (χ3v) is 3.50. The van der Waals surface area contributed by atoms with E-state index in [9.17, 15) is 4.79 Å². The van der Waals surface area contributed by atoms with Crippen molar-refractivity contribution in [2.45, 2.75) is 44.2 Å². The molecule has 0 bridgehead atoms. The Kier molecular flexibility index (Phi) is 3.59. The number of rotatable bonds is 4. The molecule has 1 aliphatic heterocycles. The summed E-state index contributed by atoms with van der Waals surface area (Å²) in [6, 6.07) is 0.407. The SMILES string of the molecule is O=C([C@H]1CCCN1)N(CCO)C1CCC1. The van der Waals surface area contributed by atoms with Gasteiger partial charge in [0.25, 0.3) is 0 Å². The fraction of sp³-hybridized carbons (Fsp3) is 0.909. The maximum absolute atomic E-state index is 12.1. The average Bonchev–Trinajstić information content (AvgIpc) is 2.66. The van der Waals surface area contributed by atoms with Gasteiger partial charge in [-0.3, -0.25) is 4.79 Å². The van der Waals surface area contributed by atoms with Gasteiger partial charge in [-0.2, -0.15) is 0 Å². The molecule has 86 valence electrons. The second-order valence-electron chi connectivity index (χ2n) is 4.49. The van der Waals surface area contributed by atoms with Gasteiger partial charge in [-0.1, -0.05) is 0 Å². The van der Waals surface area contributed by atoms with Crippen LogP contribution in [0.2, 0.25) is 0 Å². The highest BCUT2D eigenvalue weighted by atomic mass is 16.3. The first-order chi connectivity index (χ1) is 7.33. The van der Waals surface area contributed by atoms with E-state index in [2.05, 4.69) is 5.32 Å². The molecule has 0 aromatic carbocycles. The van der Waals surface area contributed by atoms with Crippen molar-refractivity contribution in [1.29, 1.82) is 0 Å². The fourth-order valence-electron chi connectivity index (χ4n) is 2.37. The molecule has 1 saturated carbocycles. The van der Waals surface area contributed by atoms with Crippen LogP contribution in [-0.2, 0) is 4.79 Å². The zero-order chi connectivity index (χ0) is 10.7. The number of amides is 1. The monoisotopic (exact) mass is 212 g/mol. The van der Waals surface area contributed by atoms with Gasteiger partial charge in [-0.05, 0) is 38.6 Å². The van der Waals surface area contributed by atoms with Crippen LogP contribution in [0.3, 0.4) is 0 Å². The lowest BCUT2D eigenvalue weighted by molar-refractivity contribution is -0.137. The predicted octanol–water partition coefficient (Wildman–Crippen LogP) is 0.112. The predicted molar refractivity (Wildman–Crippen MR) is 57.5 cm³/mol. The van der Waals surface area contributed by atoms with Gasteiger partial charge in [-0.15, -0.1) is 0 Å². The van der Waals surface area contributed by atoms with Crippen LogP contribution in [-0.4, -0.2) is 47.7 Å². The average molecular weight is 212 g/mol. The molecule has 1 atom stereocenters. The van der Waals surface area contributed by atoms with Crippen molar-refractivity contribution in [2.24, 2.45) is 0 Å². The molecule has 1 amide bonds. The molecule has 2 rings (SSSR count). The van der Waals surface area contributed by atoms with E-state index in [1.807, 2.05) is 4.90 Å². The van der Waals surface area contributed by atoms with E-state index >= 15 is 0 Å². The van der Waals surface area contributed by atoms with Gasteiger partial charge in [0.2, 0.25) is 5.91 Å².